The van der Waals surface area contributed by atoms with Crippen LogP contribution in [-0.2, 0) is 4.79 Å². The Balaban J connectivity index is 1.90. The number of carbonyl (C=O) groups is 1. The molecule has 0 radical (unpaired) electrons. The van der Waals surface area contributed by atoms with Crippen molar-refractivity contribution in [3.63, 3.8) is 0 Å². The Hall–Kier alpha value is -1.23. The van der Waals surface area contributed by atoms with E-state index in [1.807, 2.05) is 12.1 Å². The Labute approximate surface area is 135 Å². The van der Waals surface area contributed by atoms with Crippen molar-refractivity contribution in [2.75, 3.05) is 17.2 Å². The number of hydrogen-bond donors (Lipinski definition) is 2. The van der Waals surface area contributed by atoms with E-state index in [4.69, 9.17) is 23.2 Å². The Morgan fingerprint density at radius 1 is 1.10 bits per heavy atom. The molecule has 0 unspecified atom stereocenters. The summed E-state index contributed by atoms with van der Waals surface area (Å²) in [6.45, 7) is 0.129. The lowest BCUT2D eigenvalue weighted by molar-refractivity contribution is -0.114. The molecule has 0 fully saturated rings. The first kappa shape index (κ1) is 15.2. The van der Waals surface area contributed by atoms with Gasteiger partial charge >= 0.3 is 0 Å². The lowest BCUT2D eigenvalue weighted by Gasteiger charge is -2.09. The fourth-order valence-corrected chi connectivity index (χ4v) is 2.41. The van der Waals surface area contributed by atoms with E-state index in [9.17, 15) is 4.79 Å². The van der Waals surface area contributed by atoms with Crippen LogP contribution in [0.2, 0.25) is 10.0 Å². The normalized spacial score (nSPS) is 10.2. The van der Waals surface area contributed by atoms with Crippen LogP contribution in [0.1, 0.15) is 0 Å². The van der Waals surface area contributed by atoms with Crippen molar-refractivity contribution in [1.82, 2.24) is 0 Å². The average Bonchev–Trinajstić information content (AvgIpc) is 2.40. The van der Waals surface area contributed by atoms with Crippen LogP contribution < -0.4 is 10.6 Å². The van der Waals surface area contributed by atoms with Crippen LogP contribution in [0, 0.1) is 0 Å². The largest absolute Gasteiger partial charge is 0.375 e. The molecule has 0 spiro atoms. The first-order chi connectivity index (χ1) is 9.54. The van der Waals surface area contributed by atoms with Crippen molar-refractivity contribution >= 4 is 56.4 Å². The molecular weight excluding hydrogens is 363 g/mol. The van der Waals surface area contributed by atoms with Crippen LogP contribution in [0.25, 0.3) is 0 Å². The molecule has 6 heteroatoms. The summed E-state index contributed by atoms with van der Waals surface area (Å²) in [5.74, 6) is -0.161. The number of nitrogens with one attached hydrogen (secondary N) is 2. The van der Waals surface area contributed by atoms with E-state index in [0.29, 0.717) is 21.4 Å². The fourth-order valence-electron chi connectivity index (χ4n) is 1.55. The minimum atomic E-state index is -0.161. The number of amides is 1. The van der Waals surface area contributed by atoms with Crippen molar-refractivity contribution in [2.45, 2.75) is 0 Å². The van der Waals surface area contributed by atoms with Gasteiger partial charge in [0.2, 0.25) is 5.91 Å². The molecule has 2 rings (SSSR count). The molecule has 2 aromatic rings. The second kappa shape index (κ2) is 6.97. The van der Waals surface area contributed by atoms with E-state index in [1.54, 1.807) is 30.3 Å². The number of carbonyl (C=O) groups excluding carboxylic acids is 1. The number of hydrogen-bond acceptors (Lipinski definition) is 2. The molecule has 0 bridgehead atoms. The number of benzene rings is 2. The summed E-state index contributed by atoms with van der Waals surface area (Å²) < 4.78 is 0.888. The van der Waals surface area contributed by atoms with Gasteiger partial charge in [0.25, 0.3) is 0 Å². The van der Waals surface area contributed by atoms with Crippen LogP contribution in [0.15, 0.2) is 46.9 Å². The molecule has 0 aromatic heterocycles. The van der Waals surface area contributed by atoms with Crippen molar-refractivity contribution in [2.24, 2.45) is 0 Å². The second-order valence-corrected chi connectivity index (χ2v) is 5.79. The van der Waals surface area contributed by atoms with Gasteiger partial charge < -0.3 is 10.6 Å². The quantitative estimate of drug-likeness (QED) is 0.807. The van der Waals surface area contributed by atoms with Gasteiger partial charge in [-0.3, -0.25) is 4.79 Å². The van der Waals surface area contributed by atoms with Gasteiger partial charge in [-0.15, -0.1) is 0 Å². The minimum absolute atomic E-state index is 0.129. The molecule has 3 nitrogen and oxygen atoms in total. The topological polar surface area (TPSA) is 41.1 Å². The van der Waals surface area contributed by atoms with Gasteiger partial charge in [-0.25, -0.2) is 0 Å². The first-order valence-corrected chi connectivity index (χ1v) is 7.34. The third-order valence-electron chi connectivity index (χ3n) is 2.50. The van der Waals surface area contributed by atoms with E-state index in [2.05, 4.69) is 26.6 Å². The molecule has 2 aromatic carbocycles. The molecule has 0 saturated carbocycles. The third-order valence-corrected chi connectivity index (χ3v) is 3.56. The van der Waals surface area contributed by atoms with Gasteiger partial charge in [-0.05, 0) is 42.5 Å². The molecule has 104 valence electrons. The van der Waals surface area contributed by atoms with Gasteiger partial charge in [0.05, 0.1) is 17.3 Å². The Bertz CT molecular complexity index is 617. The maximum atomic E-state index is 11.8. The highest BCUT2D eigenvalue weighted by Crippen LogP contribution is 2.25. The number of anilines is 2. The van der Waals surface area contributed by atoms with E-state index in [-0.39, 0.29) is 12.5 Å². The van der Waals surface area contributed by atoms with Crippen molar-refractivity contribution in [3.8, 4) is 0 Å². The molecule has 0 aliphatic heterocycles. The van der Waals surface area contributed by atoms with Crippen LogP contribution in [0.3, 0.4) is 0 Å². The van der Waals surface area contributed by atoms with Crippen LogP contribution in [-0.4, -0.2) is 12.5 Å². The smallest absolute Gasteiger partial charge is 0.243 e. The zero-order chi connectivity index (χ0) is 14.5. The van der Waals surface area contributed by atoms with Crippen molar-refractivity contribution < 1.29 is 4.79 Å². The van der Waals surface area contributed by atoms with Crippen molar-refractivity contribution in [3.05, 3.63) is 57.0 Å². The fraction of sp³-hybridized carbons (Fsp3) is 0.0714. The lowest BCUT2D eigenvalue weighted by atomic mass is 10.3. The Morgan fingerprint density at radius 3 is 2.45 bits per heavy atom. The van der Waals surface area contributed by atoms with E-state index in [0.717, 1.165) is 4.47 Å². The Kier molecular flexibility index (Phi) is 5.29. The maximum absolute atomic E-state index is 11.8. The summed E-state index contributed by atoms with van der Waals surface area (Å²) >= 11 is 15.2. The first-order valence-electron chi connectivity index (χ1n) is 5.79. The van der Waals surface area contributed by atoms with E-state index < -0.39 is 0 Å². The molecule has 2 N–H and O–H groups in total. The van der Waals surface area contributed by atoms with Crippen LogP contribution in [0.5, 0.6) is 0 Å². The molecule has 0 heterocycles. The molecule has 0 aliphatic carbocycles. The minimum Gasteiger partial charge on any atom is -0.375 e. The lowest BCUT2D eigenvalue weighted by Crippen LogP contribution is -2.21. The second-order valence-electron chi connectivity index (χ2n) is 4.03. The summed E-state index contributed by atoms with van der Waals surface area (Å²) in [7, 11) is 0. The molecule has 0 aliphatic rings. The summed E-state index contributed by atoms with van der Waals surface area (Å²) in [6, 6.07) is 12.3. The maximum Gasteiger partial charge on any atom is 0.243 e. The molecule has 1 amide bonds. The zero-order valence-corrected chi connectivity index (χ0v) is 13.4. The monoisotopic (exact) mass is 372 g/mol. The summed E-state index contributed by atoms with van der Waals surface area (Å²) in [4.78, 5) is 11.8. The number of rotatable bonds is 4. The summed E-state index contributed by atoms with van der Waals surface area (Å²) in [5.41, 5.74) is 1.41. The number of halogens is 3. The van der Waals surface area contributed by atoms with Crippen molar-refractivity contribution in [1.29, 1.82) is 0 Å². The van der Waals surface area contributed by atoms with Gasteiger partial charge in [0.15, 0.2) is 0 Å². The predicted molar refractivity (Wildman–Crippen MR) is 87.7 cm³/mol. The molecule has 0 saturated heterocycles. The van der Waals surface area contributed by atoms with Gasteiger partial charge in [-0.1, -0.05) is 39.1 Å². The highest BCUT2D eigenvalue weighted by Gasteiger charge is 2.05. The zero-order valence-electron chi connectivity index (χ0n) is 10.3. The third kappa shape index (κ3) is 4.40. The van der Waals surface area contributed by atoms with E-state index in [1.165, 1.54) is 0 Å². The van der Waals surface area contributed by atoms with Crippen LogP contribution >= 0.6 is 39.1 Å². The van der Waals surface area contributed by atoms with Gasteiger partial charge in [-0.2, -0.15) is 0 Å². The van der Waals surface area contributed by atoms with Gasteiger partial charge in [0.1, 0.15) is 0 Å². The predicted octanol–water partition coefficient (Wildman–Crippen LogP) is 4.81. The molecule has 20 heavy (non-hydrogen) atoms. The van der Waals surface area contributed by atoms with Crippen LogP contribution in [0.4, 0.5) is 11.4 Å². The SMILES string of the molecule is O=C(CNc1ccc(Br)cc1Cl)Nc1ccc(Cl)cc1. The van der Waals surface area contributed by atoms with Gasteiger partial charge in [0, 0.05) is 15.2 Å². The van der Waals surface area contributed by atoms with E-state index >= 15 is 0 Å². The molecule has 0 atom stereocenters. The molecular formula is C14H11BrCl2N2O. The summed E-state index contributed by atoms with van der Waals surface area (Å²) in [6.07, 6.45) is 0. The summed E-state index contributed by atoms with van der Waals surface area (Å²) in [5, 5.41) is 6.92. The highest BCUT2D eigenvalue weighted by molar-refractivity contribution is 9.10. The Morgan fingerprint density at radius 2 is 1.80 bits per heavy atom. The average molecular weight is 374 g/mol. The standard InChI is InChI=1S/C14H11BrCl2N2O/c15-9-1-6-13(12(17)7-9)18-8-14(20)19-11-4-2-10(16)3-5-11/h1-7,18H,8H2,(H,19,20). The highest BCUT2D eigenvalue weighted by atomic mass is 79.9.